The molecule has 21 heavy (non-hydrogen) atoms. The van der Waals surface area contributed by atoms with E-state index in [0.29, 0.717) is 22.2 Å². The van der Waals surface area contributed by atoms with E-state index in [-0.39, 0.29) is 5.91 Å². The van der Waals surface area contributed by atoms with E-state index in [2.05, 4.69) is 17.5 Å². The van der Waals surface area contributed by atoms with Crippen molar-refractivity contribution in [3.8, 4) is 0 Å². The summed E-state index contributed by atoms with van der Waals surface area (Å²) in [5.74, 6) is -0.0501. The Morgan fingerprint density at radius 3 is 2.52 bits per heavy atom. The highest BCUT2D eigenvalue weighted by molar-refractivity contribution is 6.42. The van der Waals surface area contributed by atoms with E-state index in [9.17, 15) is 4.79 Å². The molecule has 0 saturated heterocycles. The van der Waals surface area contributed by atoms with Crippen molar-refractivity contribution in [1.82, 2.24) is 5.43 Å². The third kappa shape index (κ3) is 6.96. The topological polar surface area (TPSA) is 41.5 Å². The first-order valence-electron chi connectivity index (χ1n) is 7.33. The predicted molar refractivity (Wildman–Crippen MR) is 90.2 cm³/mol. The van der Waals surface area contributed by atoms with E-state index in [1.54, 1.807) is 12.1 Å². The van der Waals surface area contributed by atoms with Crippen LogP contribution in [0.5, 0.6) is 0 Å². The van der Waals surface area contributed by atoms with Crippen molar-refractivity contribution in [2.75, 3.05) is 0 Å². The number of hydrogen-bond acceptors (Lipinski definition) is 2. The zero-order chi connectivity index (χ0) is 15.7. The summed E-state index contributed by atoms with van der Waals surface area (Å²) in [6, 6.07) is 5.28. The van der Waals surface area contributed by atoms with Crippen LogP contribution in [0.25, 0.3) is 0 Å². The van der Waals surface area contributed by atoms with Crippen LogP contribution in [0.3, 0.4) is 0 Å². The van der Waals surface area contributed by atoms with E-state index in [0.717, 1.165) is 18.4 Å². The molecule has 0 spiro atoms. The van der Waals surface area contributed by atoms with Gasteiger partial charge in [-0.1, -0.05) is 61.9 Å². The summed E-state index contributed by atoms with van der Waals surface area (Å²) in [5.41, 5.74) is 4.12. The first-order chi connectivity index (χ1) is 10.0. The molecule has 5 heteroatoms. The Morgan fingerprint density at radius 1 is 1.14 bits per heavy atom. The summed E-state index contributed by atoms with van der Waals surface area (Å²) in [6.45, 7) is 3.99. The molecule has 1 rings (SSSR count). The van der Waals surface area contributed by atoms with Gasteiger partial charge in [-0.3, -0.25) is 4.79 Å². The van der Waals surface area contributed by atoms with Crippen LogP contribution in [0.4, 0.5) is 0 Å². The molecule has 0 bridgehead atoms. The number of amides is 1. The summed E-state index contributed by atoms with van der Waals surface area (Å²) in [7, 11) is 0. The van der Waals surface area contributed by atoms with E-state index in [1.165, 1.54) is 19.3 Å². The summed E-state index contributed by atoms with van der Waals surface area (Å²) in [5, 5.41) is 5.08. The molecule has 116 valence electrons. The lowest BCUT2D eigenvalue weighted by molar-refractivity contribution is -0.121. The van der Waals surface area contributed by atoms with Gasteiger partial charge in [0.25, 0.3) is 0 Å². The van der Waals surface area contributed by atoms with Gasteiger partial charge in [-0.15, -0.1) is 0 Å². The summed E-state index contributed by atoms with van der Waals surface area (Å²) in [4.78, 5) is 11.7. The van der Waals surface area contributed by atoms with Gasteiger partial charge in [0.2, 0.25) is 5.91 Å². The van der Waals surface area contributed by atoms with Crippen molar-refractivity contribution in [2.45, 2.75) is 52.4 Å². The number of halogens is 2. The van der Waals surface area contributed by atoms with Crippen LogP contribution >= 0.6 is 23.2 Å². The minimum Gasteiger partial charge on any atom is -0.273 e. The first kappa shape index (κ1) is 18.0. The smallest absolute Gasteiger partial charge is 0.240 e. The SMILES string of the molecule is CCCCCCCC(=O)NN=C(C)c1ccc(Cl)c(Cl)c1. The average molecular weight is 329 g/mol. The Hall–Kier alpha value is -1.06. The van der Waals surface area contributed by atoms with Crippen molar-refractivity contribution >= 4 is 34.8 Å². The van der Waals surface area contributed by atoms with Crippen LogP contribution in [-0.2, 0) is 4.79 Å². The van der Waals surface area contributed by atoms with Crippen molar-refractivity contribution < 1.29 is 4.79 Å². The Morgan fingerprint density at radius 2 is 1.86 bits per heavy atom. The van der Waals surface area contributed by atoms with Crippen molar-refractivity contribution in [1.29, 1.82) is 0 Å². The zero-order valence-electron chi connectivity index (χ0n) is 12.6. The Labute approximate surface area is 136 Å². The zero-order valence-corrected chi connectivity index (χ0v) is 14.1. The quantitative estimate of drug-likeness (QED) is 0.398. The largest absolute Gasteiger partial charge is 0.273 e. The fraction of sp³-hybridized carbons (Fsp3) is 0.500. The maximum absolute atomic E-state index is 11.7. The highest BCUT2D eigenvalue weighted by Gasteiger charge is 2.04. The van der Waals surface area contributed by atoms with Crippen molar-refractivity contribution in [3.63, 3.8) is 0 Å². The Balaban J connectivity index is 2.40. The van der Waals surface area contributed by atoms with Gasteiger partial charge in [-0.25, -0.2) is 5.43 Å². The number of carbonyl (C=O) groups is 1. The molecule has 0 atom stereocenters. The number of nitrogens with one attached hydrogen (secondary N) is 1. The van der Waals surface area contributed by atoms with E-state index >= 15 is 0 Å². The molecule has 0 aliphatic rings. The molecule has 0 saturated carbocycles. The number of nitrogens with zero attached hydrogens (tertiary/aromatic N) is 1. The standard InChI is InChI=1S/C16H22Cl2N2O/c1-3-4-5-6-7-8-16(21)20-19-12(2)13-9-10-14(17)15(18)11-13/h9-11H,3-8H2,1-2H3,(H,20,21). The van der Waals surface area contributed by atoms with E-state index in [4.69, 9.17) is 23.2 Å². The van der Waals surface area contributed by atoms with Crippen LogP contribution in [0.15, 0.2) is 23.3 Å². The van der Waals surface area contributed by atoms with Crippen molar-refractivity contribution in [3.05, 3.63) is 33.8 Å². The highest BCUT2D eigenvalue weighted by Crippen LogP contribution is 2.22. The highest BCUT2D eigenvalue weighted by atomic mass is 35.5. The maximum atomic E-state index is 11.7. The number of rotatable bonds is 8. The molecule has 3 nitrogen and oxygen atoms in total. The predicted octanol–water partition coefficient (Wildman–Crippen LogP) is 5.19. The van der Waals surface area contributed by atoms with Crippen LogP contribution in [0.2, 0.25) is 10.0 Å². The van der Waals surface area contributed by atoms with E-state index < -0.39 is 0 Å². The third-order valence-corrected chi connectivity index (χ3v) is 3.93. The fourth-order valence-corrected chi connectivity index (χ4v) is 2.18. The molecular weight excluding hydrogens is 307 g/mol. The molecule has 0 unspecified atom stereocenters. The van der Waals surface area contributed by atoms with E-state index in [1.807, 2.05) is 13.0 Å². The second-order valence-electron chi connectivity index (χ2n) is 5.03. The molecule has 0 aliphatic carbocycles. The fourth-order valence-electron chi connectivity index (χ4n) is 1.88. The molecule has 0 fully saturated rings. The number of unbranched alkanes of at least 4 members (excludes halogenated alkanes) is 4. The molecule has 1 aromatic rings. The second kappa shape index (κ2) is 9.80. The van der Waals surface area contributed by atoms with Crippen LogP contribution in [-0.4, -0.2) is 11.6 Å². The minimum atomic E-state index is -0.0501. The lowest BCUT2D eigenvalue weighted by Crippen LogP contribution is -2.18. The lowest BCUT2D eigenvalue weighted by atomic mass is 10.1. The first-order valence-corrected chi connectivity index (χ1v) is 8.08. The number of hydrogen-bond donors (Lipinski definition) is 1. The third-order valence-electron chi connectivity index (χ3n) is 3.19. The van der Waals surface area contributed by atoms with Gasteiger partial charge in [0.05, 0.1) is 15.8 Å². The van der Waals surface area contributed by atoms with Gasteiger partial charge >= 0.3 is 0 Å². The molecule has 0 radical (unpaired) electrons. The number of benzene rings is 1. The van der Waals surface area contributed by atoms with Crippen LogP contribution < -0.4 is 5.43 Å². The summed E-state index contributed by atoms with van der Waals surface area (Å²) in [6.07, 6.45) is 6.15. The Kier molecular flexibility index (Phi) is 8.40. The monoisotopic (exact) mass is 328 g/mol. The van der Waals surface area contributed by atoms with Gasteiger partial charge in [-0.05, 0) is 31.0 Å². The summed E-state index contributed by atoms with van der Waals surface area (Å²) < 4.78 is 0. The normalized spacial score (nSPS) is 11.5. The van der Waals surface area contributed by atoms with Crippen LogP contribution in [0, 0.1) is 0 Å². The molecule has 0 heterocycles. The van der Waals surface area contributed by atoms with Crippen molar-refractivity contribution in [2.24, 2.45) is 5.10 Å². The molecule has 1 aromatic carbocycles. The average Bonchev–Trinajstić information content (AvgIpc) is 2.47. The Bertz CT molecular complexity index is 501. The molecule has 0 aliphatic heterocycles. The lowest BCUT2D eigenvalue weighted by Gasteiger charge is -2.04. The van der Waals surface area contributed by atoms with Gasteiger partial charge < -0.3 is 0 Å². The van der Waals surface area contributed by atoms with Gasteiger partial charge in [-0.2, -0.15) is 5.10 Å². The molecular formula is C16H22Cl2N2O. The molecule has 0 aromatic heterocycles. The molecule has 1 amide bonds. The van der Waals surface area contributed by atoms with Gasteiger partial charge in [0.1, 0.15) is 0 Å². The van der Waals surface area contributed by atoms with Crippen LogP contribution in [0.1, 0.15) is 57.9 Å². The van der Waals surface area contributed by atoms with Gasteiger partial charge in [0.15, 0.2) is 0 Å². The molecule has 1 N–H and O–H groups in total. The number of hydrazone groups is 1. The number of carbonyl (C=O) groups excluding carboxylic acids is 1. The summed E-state index contributed by atoms with van der Waals surface area (Å²) >= 11 is 11.8. The van der Waals surface area contributed by atoms with Gasteiger partial charge in [0, 0.05) is 6.42 Å². The second-order valence-corrected chi connectivity index (χ2v) is 5.84. The minimum absolute atomic E-state index is 0.0501. The maximum Gasteiger partial charge on any atom is 0.240 e.